The van der Waals surface area contributed by atoms with Crippen LogP contribution in [0.4, 0.5) is 24.7 Å². The Balaban J connectivity index is 1.46. The van der Waals surface area contributed by atoms with Crippen molar-refractivity contribution in [1.82, 2.24) is 30.6 Å². The van der Waals surface area contributed by atoms with Crippen LogP contribution in [0.15, 0.2) is 52.6 Å². The van der Waals surface area contributed by atoms with Crippen LogP contribution in [0.2, 0.25) is 0 Å². The van der Waals surface area contributed by atoms with Gasteiger partial charge in [-0.3, -0.25) is 14.9 Å². The summed E-state index contributed by atoms with van der Waals surface area (Å²) in [7, 11) is 0. The number of carbonyl (C=O) groups excluding carboxylic acids is 1. The molecule has 5 aromatic rings. The Morgan fingerprint density at radius 3 is 2.84 bits per heavy atom. The lowest BCUT2D eigenvalue weighted by Crippen LogP contribution is -2.38. The van der Waals surface area contributed by atoms with Crippen molar-refractivity contribution in [3.63, 3.8) is 0 Å². The molecule has 4 aromatic heterocycles. The zero-order valence-electron chi connectivity index (χ0n) is 15.8. The Hall–Kier alpha value is -4.00. The number of aromatic nitrogens is 5. The predicted molar refractivity (Wildman–Crippen MR) is 110 cm³/mol. The Morgan fingerprint density at radius 1 is 1.19 bits per heavy atom. The van der Waals surface area contributed by atoms with E-state index in [1.165, 1.54) is 23.7 Å². The molecular formula is C19H12F3N7O2S. The molecule has 162 valence electrons. The van der Waals surface area contributed by atoms with Crippen molar-refractivity contribution in [2.24, 2.45) is 0 Å². The van der Waals surface area contributed by atoms with Crippen molar-refractivity contribution in [2.45, 2.75) is 12.2 Å². The van der Waals surface area contributed by atoms with Crippen LogP contribution >= 0.6 is 11.3 Å². The molecule has 1 aromatic carbocycles. The van der Waals surface area contributed by atoms with E-state index < -0.39 is 23.8 Å². The minimum absolute atomic E-state index is 0.0848. The van der Waals surface area contributed by atoms with E-state index in [0.717, 1.165) is 16.9 Å². The highest BCUT2D eigenvalue weighted by Gasteiger charge is 2.45. The molecule has 1 atom stereocenters. The minimum atomic E-state index is -4.80. The number of anilines is 2. The fraction of sp³-hybridized carbons (Fsp3) is 0.105. The molecule has 0 saturated heterocycles. The van der Waals surface area contributed by atoms with Crippen molar-refractivity contribution in [3.8, 4) is 0 Å². The SMILES string of the molecule is O=C(NC(c1noc2cc(Nc3n[nH]c4cccnc34)ccc12)C(F)(F)F)c1nccs1. The average Bonchev–Trinajstić information content (AvgIpc) is 3.51. The van der Waals surface area contributed by atoms with Gasteiger partial charge in [-0.1, -0.05) is 5.16 Å². The zero-order valence-corrected chi connectivity index (χ0v) is 16.7. The summed E-state index contributed by atoms with van der Waals surface area (Å²) >= 11 is 0.933. The molecule has 0 aliphatic carbocycles. The molecule has 0 aliphatic rings. The van der Waals surface area contributed by atoms with Gasteiger partial charge in [0.25, 0.3) is 5.91 Å². The number of aromatic amines is 1. The molecule has 0 saturated carbocycles. The van der Waals surface area contributed by atoms with Crippen molar-refractivity contribution >= 4 is 50.8 Å². The molecule has 3 N–H and O–H groups in total. The van der Waals surface area contributed by atoms with E-state index in [4.69, 9.17) is 4.52 Å². The largest absolute Gasteiger partial charge is 0.414 e. The van der Waals surface area contributed by atoms with Gasteiger partial charge in [-0.05, 0) is 24.3 Å². The summed E-state index contributed by atoms with van der Waals surface area (Å²) in [5, 5.41) is 17.1. The maximum atomic E-state index is 13.7. The number of halogens is 3. The monoisotopic (exact) mass is 459 g/mol. The standard InChI is InChI=1S/C19H12F3N7O2S/c20-19(21,22)15(26-17(30)18-24-6-7-32-18)13-10-4-3-9(8-12(10)31-29-13)25-16-14-11(27-28-16)2-1-5-23-14/h1-8,15H,(H,26,30)(H2,25,27,28). The molecule has 1 unspecified atom stereocenters. The fourth-order valence-corrected chi connectivity index (χ4v) is 3.69. The first-order chi connectivity index (χ1) is 15.4. The zero-order chi connectivity index (χ0) is 22.3. The molecule has 5 rings (SSSR count). The molecule has 4 heterocycles. The number of fused-ring (bicyclic) bond motifs is 2. The van der Waals surface area contributed by atoms with Gasteiger partial charge in [-0.25, -0.2) is 4.98 Å². The maximum Gasteiger partial charge on any atom is 0.414 e. The summed E-state index contributed by atoms with van der Waals surface area (Å²) < 4.78 is 46.4. The topological polar surface area (TPSA) is 122 Å². The van der Waals surface area contributed by atoms with Crippen LogP contribution in [0.1, 0.15) is 21.5 Å². The molecule has 32 heavy (non-hydrogen) atoms. The summed E-state index contributed by atoms with van der Waals surface area (Å²) in [6.07, 6.45) is -1.85. The third kappa shape index (κ3) is 3.62. The smallest absolute Gasteiger partial charge is 0.356 e. The van der Waals surface area contributed by atoms with Gasteiger partial charge < -0.3 is 15.2 Å². The van der Waals surface area contributed by atoms with Crippen LogP contribution in [0.25, 0.3) is 22.0 Å². The molecule has 0 aliphatic heterocycles. The summed E-state index contributed by atoms with van der Waals surface area (Å²) in [5.41, 5.74) is 1.50. The maximum absolute atomic E-state index is 13.7. The van der Waals surface area contributed by atoms with Gasteiger partial charge in [0.15, 0.2) is 22.5 Å². The molecule has 1 amide bonds. The van der Waals surface area contributed by atoms with Gasteiger partial charge in [0, 0.05) is 34.9 Å². The number of rotatable bonds is 5. The molecule has 0 radical (unpaired) electrons. The van der Waals surface area contributed by atoms with E-state index in [-0.39, 0.29) is 16.0 Å². The van der Waals surface area contributed by atoms with Crippen LogP contribution in [0, 0.1) is 0 Å². The van der Waals surface area contributed by atoms with E-state index in [0.29, 0.717) is 17.0 Å². The second kappa shape index (κ2) is 7.60. The summed E-state index contributed by atoms with van der Waals surface area (Å²) in [6.45, 7) is 0. The van der Waals surface area contributed by atoms with Gasteiger partial charge in [0.2, 0.25) is 0 Å². The van der Waals surface area contributed by atoms with E-state index in [1.54, 1.807) is 18.3 Å². The fourth-order valence-electron chi connectivity index (χ4n) is 3.15. The Kier molecular flexibility index (Phi) is 4.74. The number of benzene rings is 1. The number of nitrogens with zero attached hydrogens (tertiary/aromatic N) is 4. The number of thiazole rings is 1. The second-order valence-corrected chi connectivity index (χ2v) is 7.56. The van der Waals surface area contributed by atoms with Crippen LogP contribution in [0.3, 0.4) is 0 Å². The van der Waals surface area contributed by atoms with Crippen molar-refractivity contribution in [1.29, 1.82) is 0 Å². The van der Waals surface area contributed by atoms with Gasteiger partial charge in [0.05, 0.1) is 5.52 Å². The van der Waals surface area contributed by atoms with Crippen LogP contribution < -0.4 is 10.6 Å². The van der Waals surface area contributed by atoms with Crippen LogP contribution in [-0.2, 0) is 0 Å². The molecule has 0 bridgehead atoms. The van der Waals surface area contributed by atoms with Gasteiger partial charge >= 0.3 is 6.18 Å². The number of hydrogen-bond acceptors (Lipinski definition) is 8. The number of alkyl halides is 3. The lowest BCUT2D eigenvalue weighted by molar-refractivity contribution is -0.156. The van der Waals surface area contributed by atoms with Crippen LogP contribution in [-0.4, -0.2) is 37.4 Å². The number of pyridine rings is 1. The highest BCUT2D eigenvalue weighted by atomic mass is 32.1. The number of carbonyl (C=O) groups is 1. The number of hydrogen-bond donors (Lipinski definition) is 3. The first kappa shape index (κ1) is 19.9. The number of H-pyrrole nitrogens is 1. The molecule has 9 nitrogen and oxygen atoms in total. The summed E-state index contributed by atoms with van der Waals surface area (Å²) in [5.74, 6) is -0.502. The van der Waals surface area contributed by atoms with Crippen molar-refractivity contribution in [2.75, 3.05) is 5.32 Å². The van der Waals surface area contributed by atoms with Gasteiger partial charge in [-0.2, -0.15) is 18.3 Å². The Labute approximate surface area is 180 Å². The first-order valence-corrected chi connectivity index (χ1v) is 10.0. The van der Waals surface area contributed by atoms with Crippen molar-refractivity contribution < 1.29 is 22.5 Å². The lowest BCUT2D eigenvalue weighted by Gasteiger charge is -2.19. The van der Waals surface area contributed by atoms with Crippen LogP contribution in [0.5, 0.6) is 0 Å². The summed E-state index contributed by atoms with van der Waals surface area (Å²) in [4.78, 5) is 20.2. The average molecular weight is 459 g/mol. The Morgan fingerprint density at radius 2 is 2.06 bits per heavy atom. The van der Waals surface area contributed by atoms with E-state index in [9.17, 15) is 18.0 Å². The Bertz CT molecular complexity index is 1410. The first-order valence-electron chi connectivity index (χ1n) is 9.12. The van der Waals surface area contributed by atoms with Gasteiger partial charge in [0.1, 0.15) is 11.2 Å². The van der Waals surface area contributed by atoms with E-state index in [1.807, 2.05) is 11.4 Å². The normalized spacial score (nSPS) is 12.8. The van der Waals surface area contributed by atoms with Crippen molar-refractivity contribution in [3.05, 3.63) is 58.8 Å². The quantitative estimate of drug-likeness (QED) is 0.358. The lowest BCUT2D eigenvalue weighted by atomic mass is 10.1. The molecule has 13 heteroatoms. The minimum Gasteiger partial charge on any atom is -0.356 e. The van der Waals surface area contributed by atoms with E-state index in [2.05, 4.69) is 30.6 Å². The number of amides is 1. The molecule has 0 fully saturated rings. The molecule has 0 spiro atoms. The third-order valence-corrected chi connectivity index (χ3v) is 5.36. The summed E-state index contributed by atoms with van der Waals surface area (Å²) in [6, 6.07) is 5.69. The predicted octanol–water partition coefficient (Wildman–Crippen LogP) is 4.33. The third-order valence-electron chi connectivity index (χ3n) is 4.59. The molecular weight excluding hydrogens is 447 g/mol. The van der Waals surface area contributed by atoms with Gasteiger partial charge in [-0.15, -0.1) is 11.3 Å². The highest BCUT2D eigenvalue weighted by Crippen LogP contribution is 2.37. The second-order valence-electron chi connectivity index (χ2n) is 6.66. The number of nitrogens with one attached hydrogen (secondary N) is 3. The van der Waals surface area contributed by atoms with E-state index >= 15 is 0 Å². The highest BCUT2D eigenvalue weighted by molar-refractivity contribution is 7.11.